The maximum Gasteiger partial charge on any atom is 0.138 e. The number of pyridine rings is 1. The molecule has 19 heavy (non-hydrogen) atoms. The third-order valence-electron chi connectivity index (χ3n) is 2.65. The molecular formula is C15H17IN2O. The molecular weight excluding hydrogens is 351 g/mol. The Hall–Kier alpha value is -1.14. The lowest BCUT2D eigenvalue weighted by molar-refractivity contribution is 0.304. The normalized spacial score (nSPS) is 12.2. The van der Waals surface area contributed by atoms with E-state index in [9.17, 15) is 0 Å². The summed E-state index contributed by atoms with van der Waals surface area (Å²) in [6.45, 7) is 2.54. The van der Waals surface area contributed by atoms with Crippen LogP contribution in [-0.2, 0) is 13.0 Å². The van der Waals surface area contributed by atoms with Gasteiger partial charge in [0, 0.05) is 21.7 Å². The highest BCUT2D eigenvalue weighted by Crippen LogP contribution is 2.13. The molecule has 1 heterocycles. The Morgan fingerprint density at radius 2 is 1.95 bits per heavy atom. The molecule has 2 rings (SSSR count). The lowest BCUT2D eigenvalue weighted by Gasteiger charge is -2.08. The molecule has 0 aliphatic heterocycles. The zero-order valence-corrected chi connectivity index (χ0v) is 13.0. The summed E-state index contributed by atoms with van der Waals surface area (Å²) in [5.74, 6) is 0.784. The lowest BCUT2D eigenvalue weighted by Crippen LogP contribution is -2.18. The molecule has 0 aliphatic rings. The van der Waals surface area contributed by atoms with Crippen LogP contribution in [0, 0.1) is 3.57 Å². The zero-order valence-electron chi connectivity index (χ0n) is 10.8. The molecule has 2 aromatic rings. The van der Waals surface area contributed by atoms with Crippen molar-refractivity contribution in [2.45, 2.75) is 26.0 Å². The van der Waals surface area contributed by atoms with Crippen molar-refractivity contribution >= 4 is 22.6 Å². The Morgan fingerprint density at radius 1 is 1.21 bits per heavy atom. The van der Waals surface area contributed by atoms with E-state index in [1.807, 2.05) is 19.1 Å². The smallest absolute Gasteiger partial charge is 0.138 e. The van der Waals surface area contributed by atoms with Gasteiger partial charge in [-0.15, -0.1) is 0 Å². The second-order valence-electron chi connectivity index (χ2n) is 4.58. The van der Waals surface area contributed by atoms with Gasteiger partial charge in [0.1, 0.15) is 12.4 Å². The van der Waals surface area contributed by atoms with Crippen LogP contribution in [0.1, 0.15) is 18.2 Å². The fourth-order valence-electron chi connectivity index (χ4n) is 1.69. The van der Waals surface area contributed by atoms with Crippen LogP contribution in [0.3, 0.4) is 0 Å². The molecule has 0 radical (unpaired) electrons. The first-order chi connectivity index (χ1) is 9.13. The van der Waals surface area contributed by atoms with Gasteiger partial charge in [-0.05, 0) is 59.3 Å². The second-order valence-corrected chi connectivity index (χ2v) is 5.83. The topological polar surface area (TPSA) is 48.1 Å². The van der Waals surface area contributed by atoms with E-state index in [-0.39, 0.29) is 6.04 Å². The summed E-state index contributed by atoms with van der Waals surface area (Å²) in [7, 11) is 0. The van der Waals surface area contributed by atoms with Crippen LogP contribution >= 0.6 is 22.6 Å². The molecule has 1 aromatic heterocycles. The largest absolute Gasteiger partial charge is 0.487 e. The number of halogens is 1. The summed E-state index contributed by atoms with van der Waals surface area (Å²) in [6, 6.07) is 12.3. The highest BCUT2D eigenvalue weighted by molar-refractivity contribution is 14.1. The Labute approximate surface area is 127 Å². The number of hydrogen-bond donors (Lipinski definition) is 1. The molecule has 1 atom stereocenters. The van der Waals surface area contributed by atoms with Gasteiger partial charge in [0.25, 0.3) is 0 Å². The van der Waals surface area contributed by atoms with Crippen molar-refractivity contribution in [1.29, 1.82) is 0 Å². The van der Waals surface area contributed by atoms with Crippen LogP contribution in [0.5, 0.6) is 5.75 Å². The van der Waals surface area contributed by atoms with Gasteiger partial charge in [0.05, 0.1) is 6.20 Å². The van der Waals surface area contributed by atoms with Gasteiger partial charge in [0.15, 0.2) is 0 Å². The molecule has 1 unspecified atom stereocenters. The van der Waals surface area contributed by atoms with Crippen LogP contribution in [0.15, 0.2) is 42.6 Å². The lowest BCUT2D eigenvalue weighted by atomic mass is 10.2. The van der Waals surface area contributed by atoms with E-state index in [1.165, 1.54) is 3.57 Å². The minimum atomic E-state index is 0.131. The zero-order chi connectivity index (χ0) is 13.7. The number of benzene rings is 1. The standard InChI is InChI=1S/C15H17IN2O/c1-11(17)8-14-6-7-15(9-18-14)19-10-12-2-4-13(16)5-3-12/h2-7,9,11H,8,10,17H2,1H3. The van der Waals surface area contributed by atoms with E-state index in [0.29, 0.717) is 6.61 Å². The van der Waals surface area contributed by atoms with Crippen molar-refractivity contribution in [1.82, 2.24) is 4.98 Å². The molecule has 2 N–H and O–H groups in total. The summed E-state index contributed by atoms with van der Waals surface area (Å²) in [5.41, 5.74) is 7.89. The van der Waals surface area contributed by atoms with Gasteiger partial charge in [0.2, 0.25) is 0 Å². The predicted molar refractivity (Wildman–Crippen MR) is 85.1 cm³/mol. The van der Waals surface area contributed by atoms with E-state index < -0.39 is 0 Å². The Morgan fingerprint density at radius 3 is 2.53 bits per heavy atom. The van der Waals surface area contributed by atoms with Crippen LogP contribution < -0.4 is 10.5 Å². The van der Waals surface area contributed by atoms with Gasteiger partial charge < -0.3 is 10.5 Å². The van der Waals surface area contributed by atoms with Crippen molar-refractivity contribution in [2.24, 2.45) is 5.73 Å². The maximum absolute atomic E-state index is 5.74. The average molecular weight is 368 g/mol. The molecule has 0 saturated carbocycles. The molecule has 3 nitrogen and oxygen atoms in total. The molecule has 0 spiro atoms. The van der Waals surface area contributed by atoms with Crippen LogP contribution in [-0.4, -0.2) is 11.0 Å². The molecule has 0 aliphatic carbocycles. The molecule has 0 saturated heterocycles. The molecule has 0 bridgehead atoms. The van der Waals surface area contributed by atoms with E-state index in [0.717, 1.165) is 23.4 Å². The van der Waals surface area contributed by atoms with Gasteiger partial charge >= 0.3 is 0 Å². The minimum absolute atomic E-state index is 0.131. The van der Waals surface area contributed by atoms with Gasteiger partial charge in [-0.3, -0.25) is 4.98 Å². The number of aromatic nitrogens is 1. The van der Waals surface area contributed by atoms with Crippen LogP contribution in [0.2, 0.25) is 0 Å². The van der Waals surface area contributed by atoms with Crippen molar-refractivity contribution in [3.63, 3.8) is 0 Å². The number of nitrogens with zero attached hydrogens (tertiary/aromatic N) is 1. The summed E-state index contributed by atoms with van der Waals surface area (Å²) < 4.78 is 6.92. The Bertz CT molecular complexity index is 509. The average Bonchev–Trinajstić information content (AvgIpc) is 2.39. The fraction of sp³-hybridized carbons (Fsp3) is 0.267. The monoisotopic (exact) mass is 368 g/mol. The summed E-state index contributed by atoms with van der Waals surface area (Å²) in [6.07, 6.45) is 2.54. The van der Waals surface area contributed by atoms with Crippen LogP contribution in [0.25, 0.3) is 0 Å². The van der Waals surface area contributed by atoms with E-state index >= 15 is 0 Å². The maximum atomic E-state index is 5.74. The third-order valence-corrected chi connectivity index (χ3v) is 3.37. The number of ether oxygens (including phenoxy) is 1. The van der Waals surface area contributed by atoms with Crippen LogP contribution in [0.4, 0.5) is 0 Å². The first kappa shape index (κ1) is 14.3. The fourth-order valence-corrected chi connectivity index (χ4v) is 2.05. The molecule has 4 heteroatoms. The third kappa shape index (κ3) is 4.80. The van der Waals surface area contributed by atoms with Crippen molar-refractivity contribution in [3.8, 4) is 5.75 Å². The molecule has 1 aromatic carbocycles. The van der Waals surface area contributed by atoms with Crippen molar-refractivity contribution < 1.29 is 4.74 Å². The molecule has 0 amide bonds. The first-order valence-electron chi connectivity index (χ1n) is 6.21. The van der Waals surface area contributed by atoms with Gasteiger partial charge in [-0.2, -0.15) is 0 Å². The first-order valence-corrected chi connectivity index (χ1v) is 7.29. The minimum Gasteiger partial charge on any atom is -0.487 e. The summed E-state index contributed by atoms with van der Waals surface area (Å²) in [4.78, 5) is 4.34. The molecule has 0 fully saturated rings. The summed E-state index contributed by atoms with van der Waals surface area (Å²) >= 11 is 2.29. The Balaban J connectivity index is 1.91. The highest BCUT2D eigenvalue weighted by Gasteiger charge is 2.01. The number of rotatable bonds is 5. The quantitative estimate of drug-likeness (QED) is 0.825. The Kier molecular flexibility index (Phi) is 5.15. The molecule has 100 valence electrons. The van der Waals surface area contributed by atoms with E-state index in [2.05, 4.69) is 51.8 Å². The predicted octanol–water partition coefficient (Wildman–Crippen LogP) is 3.15. The van der Waals surface area contributed by atoms with Crippen molar-refractivity contribution in [3.05, 3.63) is 57.4 Å². The number of nitrogens with two attached hydrogens (primary N) is 1. The highest BCUT2D eigenvalue weighted by atomic mass is 127. The SMILES string of the molecule is CC(N)Cc1ccc(OCc2ccc(I)cc2)cn1. The van der Waals surface area contributed by atoms with E-state index in [4.69, 9.17) is 10.5 Å². The van der Waals surface area contributed by atoms with Gasteiger partial charge in [-0.25, -0.2) is 0 Å². The second kappa shape index (κ2) is 6.86. The van der Waals surface area contributed by atoms with Crippen molar-refractivity contribution in [2.75, 3.05) is 0 Å². The van der Waals surface area contributed by atoms with E-state index in [1.54, 1.807) is 6.20 Å². The number of hydrogen-bond acceptors (Lipinski definition) is 3. The summed E-state index contributed by atoms with van der Waals surface area (Å²) in [5, 5.41) is 0. The van der Waals surface area contributed by atoms with Gasteiger partial charge in [-0.1, -0.05) is 12.1 Å².